The van der Waals surface area contributed by atoms with Gasteiger partial charge >= 0.3 is 6.18 Å². The quantitative estimate of drug-likeness (QED) is 0.643. The van der Waals surface area contributed by atoms with E-state index in [-0.39, 0.29) is 24.5 Å². The minimum atomic E-state index is -4.42. The number of carbonyl (C=O) groups is 2. The summed E-state index contributed by atoms with van der Waals surface area (Å²) in [6, 6.07) is 11.0. The number of ether oxygens (including phenoxy) is 1. The molecule has 0 aliphatic heterocycles. The summed E-state index contributed by atoms with van der Waals surface area (Å²) < 4.78 is 43.1. The summed E-state index contributed by atoms with van der Waals surface area (Å²) in [5.41, 5.74) is -0.0277. The topological polar surface area (TPSA) is 55.4 Å². The average molecular weight is 375 g/mol. The van der Waals surface area contributed by atoms with Gasteiger partial charge in [0, 0.05) is 11.1 Å². The molecule has 0 fully saturated rings. The van der Waals surface area contributed by atoms with Crippen LogP contribution in [0.4, 0.5) is 13.2 Å². The molecule has 2 aromatic rings. The number of rotatable bonds is 5. The molecule has 0 aromatic heterocycles. The minimum absolute atomic E-state index is 0.0261. The lowest BCUT2D eigenvalue weighted by Crippen LogP contribution is -2.29. The van der Waals surface area contributed by atoms with Crippen LogP contribution >= 0.6 is 0 Å². The van der Waals surface area contributed by atoms with E-state index in [1.807, 2.05) is 0 Å². The predicted octanol–water partition coefficient (Wildman–Crippen LogP) is 3.45. The fraction of sp³-hybridized carbons (Fsp3) is 0.200. The Morgan fingerprint density at radius 1 is 1.11 bits per heavy atom. The fourth-order valence-electron chi connectivity index (χ4n) is 2.05. The number of ketones is 1. The Morgan fingerprint density at radius 3 is 2.44 bits per heavy atom. The molecule has 7 heteroatoms. The lowest BCUT2D eigenvalue weighted by molar-refractivity contribution is -0.137. The van der Waals surface area contributed by atoms with Gasteiger partial charge in [-0.1, -0.05) is 17.9 Å². The third-order valence-electron chi connectivity index (χ3n) is 3.43. The van der Waals surface area contributed by atoms with Crippen molar-refractivity contribution in [2.45, 2.75) is 13.1 Å². The number of hydrogen-bond acceptors (Lipinski definition) is 3. The Labute approximate surface area is 154 Å². The molecule has 4 nitrogen and oxygen atoms in total. The van der Waals surface area contributed by atoms with Crippen molar-refractivity contribution < 1.29 is 27.5 Å². The van der Waals surface area contributed by atoms with Crippen LogP contribution in [0.1, 0.15) is 28.4 Å². The molecular formula is C20H16F3NO3. The van der Waals surface area contributed by atoms with E-state index < -0.39 is 17.6 Å². The van der Waals surface area contributed by atoms with Crippen LogP contribution in [-0.2, 0) is 11.0 Å². The normalized spacial score (nSPS) is 10.5. The van der Waals surface area contributed by atoms with Gasteiger partial charge in [-0.25, -0.2) is 0 Å². The molecule has 0 saturated heterocycles. The molecule has 1 amide bonds. The Kier molecular flexibility index (Phi) is 6.61. The average Bonchev–Trinajstić information content (AvgIpc) is 2.63. The Bertz CT molecular complexity index is 878. The second kappa shape index (κ2) is 8.90. The van der Waals surface area contributed by atoms with Crippen molar-refractivity contribution in [3.8, 4) is 17.6 Å². The van der Waals surface area contributed by atoms with E-state index in [0.717, 1.165) is 12.1 Å². The molecule has 0 saturated carbocycles. The summed E-state index contributed by atoms with van der Waals surface area (Å²) in [5.74, 6) is 5.09. The van der Waals surface area contributed by atoms with Crippen LogP contribution in [-0.4, -0.2) is 24.8 Å². The highest BCUT2D eigenvalue weighted by atomic mass is 19.4. The molecular weight excluding hydrogens is 359 g/mol. The van der Waals surface area contributed by atoms with E-state index in [0.29, 0.717) is 11.3 Å². The van der Waals surface area contributed by atoms with Crippen molar-refractivity contribution in [2.75, 3.05) is 13.2 Å². The lowest BCUT2D eigenvalue weighted by Gasteiger charge is -2.06. The first-order valence-corrected chi connectivity index (χ1v) is 7.92. The van der Waals surface area contributed by atoms with E-state index in [1.54, 1.807) is 24.3 Å². The maximum absolute atomic E-state index is 12.6. The van der Waals surface area contributed by atoms with E-state index in [1.165, 1.54) is 19.1 Å². The Morgan fingerprint density at radius 2 is 1.81 bits per heavy atom. The van der Waals surface area contributed by atoms with Crippen molar-refractivity contribution in [2.24, 2.45) is 0 Å². The molecule has 27 heavy (non-hydrogen) atoms. The van der Waals surface area contributed by atoms with Gasteiger partial charge in [0.05, 0.1) is 12.1 Å². The van der Waals surface area contributed by atoms with E-state index in [9.17, 15) is 22.8 Å². The third-order valence-corrected chi connectivity index (χ3v) is 3.43. The monoisotopic (exact) mass is 375 g/mol. The van der Waals surface area contributed by atoms with Gasteiger partial charge in [0.2, 0.25) is 0 Å². The number of amides is 1. The summed E-state index contributed by atoms with van der Waals surface area (Å²) in [4.78, 5) is 22.8. The molecule has 2 rings (SSSR count). The molecule has 0 heterocycles. The number of alkyl halides is 3. The summed E-state index contributed by atoms with van der Waals surface area (Å²) >= 11 is 0. The van der Waals surface area contributed by atoms with Crippen LogP contribution in [0.2, 0.25) is 0 Å². The van der Waals surface area contributed by atoms with E-state index >= 15 is 0 Å². The van der Waals surface area contributed by atoms with Crippen molar-refractivity contribution in [3.05, 3.63) is 65.2 Å². The first-order chi connectivity index (χ1) is 12.8. The summed E-state index contributed by atoms with van der Waals surface area (Å²) in [5, 5.41) is 2.48. The highest BCUT2D eigenvalue weighted by Gasteiger charge is 2.30. The third kappa shape index (κ3) is 6.51. The Hall–Kier alpha value is -3.27. The lowest BCUT2D eigenvalue weighted by atomic mass is 10.1. The second-order valence-electron chi connectivity index (χ2n) is 5.53. The van der Waals surface area contributed by atoms with Gasteiger partial charge in [-0.2, -0.15) is 13.2 Å². The van der Waals surface area contributed by atoms with Crippen LogP contribution < -0.4 is 10.1 Å². The maximum Gasteiger partial charge on any atom is 0.416 e. The van der Waals surface area contributed by atoms with Crippen LogP contribution in [0, 0.1) is 11.8 Å². The fourth-order valence-corrected chi connectivity index (χ4v) is 2.05. The zero-order valence-corrected chi connectivity index (χ0v) is 14.4. The summed E-state index contributed by atoms with van der Waals surface area (Å²) in [6.45, 7) is 1.18. The second-order valence-corrected chi connectivity index (χ2v) is 5.53. The van der Waals surface area contributed by atoms with E-state index in [2.05, 4.69) is 17.2 Å². The van der Waals surface area contributed by atoms with E-state index in [4.69, 9.17) is 4.74 Å². The number of hydrogen-bond donors (Lipinski definition) is 1. The standard InChI is InChI=1S/C20H16F3NO3/c1-14(25)16-7-9-18(10-8-16)27-13-19(26)24-11-3-5-15-4-2-6-17(12-15)20(21,22)23/h2,4,6-10,12H,11,13H2,1H3,(H,24,26). The summed E-state index contributed by atoms with van der Waals surface area (Å²) in [7, 11) is 0. The minimum Gasteiger partial charge on any atom is -0.484 e. The first-order valence-electron chi connectivity index (χ1n) is 7.92. The predicted molar refractivity (Wildman–Crippen MR) is 93.3 cm³/mol. The highest BCUT2D eigenvalue weighted by Crippen LogP contribution is 2.29. The van der Waals surface area contributed by atoms with Gasteiger partial charge in [-0.05, 0) is 49.4 Å². The molecule has 0 aliphatic rings. The van der Waals surface area contributed by atoms with Crippen molar-refractivity contribution >= 4 is 11.7 Å². The molecule has 0 atom stereocenters. The summed E-state index contributed by atoms with van der Waals surface area (Å²) in [6.07, 6.45) is -4.42. The molecule has 140 valence electrons. The molecule has 1 N–H and O–H groups in total. The van der Waals surface area contributed by atoms with Crippen molar-refractivity contribution in [3.63, 3.8) is 0 Å². The maximum atomic E-state index is 12.6. The molecule has 0 spiro atoms. The smallest absolute Gasteiger partial charge is 0.416 e. The zero-order valence-electron chi connectivity index (χ0n) is 14.4. The van der Waals surface area contributed by atoms with Gasteiger partial charge in [0.25, 0.3) is 5.91 Å². The largest absolute Gasteiger partial charge is 0.484 e. The zero-order chi connectivity index (χ0) is 19.9. The van der Waals surface area contributed by atoms with Gasteiger partial charge in [0.15, 0.2) is 12.4 Å². The van der Waals surface area contributed by atoms with Gasteiger partial charge in [-0.15, -0.1) is 0 Å². The number of nitrogens with one attached hydrogen (secondary N) is 1. The number of carbonyl (C=O) groups excluding carboxylic acids is 2. The molecule has 0 radical (unpaired) electrons. The number of benzene rings is 2. The number of Topliss-reactive ketones (excluding diaryl/α,β-unsaturated/α-hetero) is 1. The van der Waals surface area contributed by atoms with Crippen LogP contribution in [0.5, 0.6) is 5.75 Å². The van der Waals surface area contributed by atoms with Crippen LogP contribution in [0.15, 0.2) is 48.5 Å². The molecule has 0 unspecified atom stereocenters. The van der Waals surface area contributed by atoms with Gasteiger partial charge in [-0.3, -0.25) is 9.59 Å². The first kappa shape index (κ1) is 20.0. The highest BCUT2D eigenvalue weighted by molar-refractivity contribution is 5.94. The molecule has 2 aromatic carbocycles. The Balaban J connectivity index is 1.80. The van der Waals surface area contributed by atoms with Crippen molar-refractivity contribution in [1.82, 2.24) is 5.32 Å². The van der Waals surface area contributed by atoms with Gasteiger partial charge in [0.1, 0.15) is 5.75 Å². The van der Waals surface area contributed by atoms with Gasteiger partial charge < -0.3 is 10.1 Å². The van der Waals surface area contributed by atoms with Crippen LogP contribution in [0.25, 0.3) is 0 Å². The molecule has 0 bridgehead atoms. The number of halogens is 3. The molecule has 0 aliphatic carbocycles. The van der Waals surface area contributed by atoms with Crippen molar-refractivity contribution in [1.29, 1.82) is 0 Å². The SMILES string of the molecule is CC(=O)c1ccc(OCC(=O)NCC#Cc2cccc(C(F)(F)F)c2)cc1. The van der Waals surface area contributed by atoms with Crippen LogP contribution in [0.3, 0.4) is 0 Å².